The highest BCUT2D eigenvalue weighted by molar-refractivity contribution is 6.30. The molecule has 4 nitrogen and oxygen atoms in total. The van der Waals surface area contributed by atoms with Crippen molar-refractivity contribution in [2.45, 2.75) is 26.3 Å². The van der Waals surface area contributed by atoms with Gasteiger partial charge in [-0.15, -0.1) is 0 Å². The van der Waals surface area contributed by atoms with Crippen LogP contribution in [0.1, 0.15) is 24.5 Å². The molecule has 0 saturated heterocycles. The van der Waals surface area contributed by atoms with Crippen LogP contribution < -0.4 is 5.32 Å². The van der Waals surface area contributed by atoms with Crippen LogP contribution in [0.5, 0.6) is 0 Å². The lowest BCUT2D eigenvalue weighted by Gasteiger charge is -2.08. The van der Waals surface area contributed by atoms with E-state index in [2.05, 4.69) is 24.4 Å². The van der Waals surface area contributed by atoms with Crippen LogP contribution >= 0.6 is 11.6 Å². The van der Waals surface area contributed by atoms with Crippen molar-refractivity contribution in [3.8, 4) is 0 Å². The maximum atomic E-state index is 11.0. The van der Waals surface area contributed by atoms with Crippen molar-refractivity contribution >= 4 is 23.0 Å². The van der Waals surface area contributed by atoms with E-state index in [4.69, 9.17) is 11.6 Å². The largest absolute Gasteiger partial charge is 0.381 e. The first-order valence-corrected chi connectivity index (χ1v) is 7.23. The summed E-state index contributed by atoms with van der Waals surface area (Å²) in [5.74, 6) is 0. The minimum Gasteiger partial charge on any atom is -0.381 e. The first-order valence-electron chi connectivity index (χ1n) is 6.85. The number of hydrogen-bond acceptors (Lipinski definition) is 3. The third kappa shape index (κ3) is 4.20. The number of nitro groups is 1. The molecule has 0 saturated carbocycles. The molecule has 0 aliphatic rings. The number of nitrogens with zero attached hydrogens (tertiary/aromatic N) is 1. The Morgan fingerprint density at radius 1 is 1.19 bits per heavy atom. The number of anilines is 1. The van der Waals surface area contributed by atoms with Crippen LogP contribution in [0, 0.1) is 10.1 Å². The Morgan fingerprint density at radius 3 is 2.52 bits per heavy atom. The number of halogens is 1. The molecule has 21 heavy (non-hydrogen) atoms. The number of hydrogen-bond donors (Lipinski definition) is 1. The van der Waals surface area contributed by atoms with Gasteiger partial charge in [-0.3, -0.25) is 10.1 Å². The van der Waals surface area contributed by atoms with Crippen LogP contribution in [0.25, 0.3) is 0 Å². The molecule has 0 fully saturated rings. The van der Waals surface area contributed by atoms with Crippen molar-refractivity contribution in [2.24, 2.45) is 0 Å². The molecule has 2 rings (SSSR count). The van der Waals surface area contributed by atoms with Gasteiger partial charge in [-0.1, -0.05) is 37.1 Å². The third-order valence-corrected chi connectivity index (χ3v) is 3.45. The smallest absolute Gasteiger partial charge is 0.275 e. The number of rotatable bonds is 6. The minimum absolute atomic E-state index is 0.0394. The summed E-state index contributed by atoms with van der Waals surface area (Å²) in [7, 11) is 0. The third-order valence-electron chi connectivity index (χ3n) is 3.22. The summed E-state index contributed by atoms with van der Waals surface area (Å²) in [6.45, 7) is 2.53. The normalized spacial score (nSPS) is 10.4. The minimum atomic E-state index is -0.409. The standard InChI is InChI=1S/C16H17ClN2O2/c1-2-3-12-4-8-15(9-5-12)18-11-13-6-7-14(17)10-16(13)19(20)21/h4-10,18H,2-3,11H2,1H3. The van der Waals surface area contributed by atoms with Crippen molar-refractivity contribution in [3.05, 3.63) is 68.7 Å². The summed E-state index contributed by atoms with van der Waals surface area (Å²) in [6.07, 6.45) is 2.17. The van der Waals surface area contributed by atoms with Crippen LogP contribution in [-0.2, 0) is 13.0 Å². The fourth-order valence-corrected chi connectivity index (χ4v) is 2.30. The van der Waals surface area contributed by atoms with Gasteiger partial charge in [0, 0.05) is 28.9 Å². The van der Waals surface area contributed by atoms with Crippen molar-refractivity contribution in [3.63, 3.8) is 0 Å². The lowest BCUT2D eigenvalue weighted by Crippen LogP contribution is -2.03. The highest BCUT2D eigenvalue weighted by Crippen LogP contribution is 2.24. The first-order chi connectivity index (χ1) is 10.1. The Balaban J connectivity index is 2.07. The van der Waals surface area contributed by atoms with E-state index in [1.54, 1.807) is 12.1 Å². The van der Waals surface area contributed by atoms with E-state index in [1.165, 1.54) is 11.6 Å². The molecule has 110 valence electrons. The zero-order valence-corrected chi connectivity index (χ0v) is 12.6. The topological polar surface area (TPSA) is 55.2 Å². The van der Waals surface area contributed by atoms with Crippen molar-refractivity contribution in [1.82, 2.24) is 0 Å². The molecule has 0 atom stereocenters. The molecule has 1 N–H and O–H groups in total. The Labute approximate surface area is 128 Å². The highest BCUT2D eigenvalue weighted by Gasteiger charge is 2.13. The summed E-state index contributed by atoms with van der Waals surface area (Å²) in [5, 5.41) is 14.6. The van der Waals surface area contributed by atoms with Gasteiger partial charge in [0.05, 0.1) is 4.92 Å². The molecule has 0 aliphatic heterocycles. The van der Waals surface area contributed by atoms with Crippen molar-refractivity contribution in [1.29, 1.82) is 0 Å². The molecule has 5 heteroatoms. The van der Waals surface area contributed by atoms with Crippen molar-refractivity contribution in [2.75, 3.05) is 5.32 Å². The van der Waals surface area contributed by atoms with E-state index in [-0.39, 0.29) is 5.69 Å². The molecule has 0 spiro atoms. The maximum Gasteiger partial charge on any atom is 0.275 e. The molecule has 0 heterocycles. The molecule has 0 aliphatic carbocycles. The fraction of sp³-hybridized carbons (Fsp3) is 0.250. The van der Waals surface area contributed by atoms with E-state index in [9.17, 15) is 10.1 Å². The second kappa shape index (κ2) is 7.09. The van der Waals surface area contributed by atoms with Gasteiger partial charge in [0.25, 0.3) is 5.69 Å². The first kappa shape index (κ1) is 15.3. The summed E-state index contributed by atoms with van der Waals surface area (Å²) >= 11 is 5.80. The predicted octanol–water partition coefficient (Wildman–Crippen LogP) is 4.81. The second-order valence-electron chi connectivity index (χ2n) is 4.83. The van der Waals surface area contributed by atoms with Crippen LogP contribution in [0.4, 0.5) is 11.4 Å². The van der Waals surface area contributed by atoms with Gasteiger partial charge >= 0.3 is 0 Å². The SMILES string of the molecule is CCCc1ccc(NCc2ccc(Cl)cc2[N+](=O)[O-])cc1. The summed E-state index contributed by atoms with van der Waals surface area (Å²) < 4.78 is 0. The van der Waals surface area contributed by atoms with Gasteiger partial charge in [0.15, 0.2) is 0 Å². The quantitative estimate of drug-likeness (QED) is 0.615. The van der Waals surface area contributed by atoms with E-state index >= 15 is 0 Å². The molecular weight excluding hydrogens is 288 g/mol. The molecule has 2 aromatic rings. The average molecular weight is 305 g/mol. The molecule has 0 radical (unpaired) electrons. The summed E-state index contributed by atoms with van der Waals surface area (Å²) in [5.41, 5.74) is 2.89. The molecule has 0 unspecified atom stereocenters. The summed E-state index contributed by atoms with van der Waals surface area (Å²) in [6, 6.07) is 12.8. The molecule has 0 bridgehead atoms. The van der Waals surface area contributed by atoms with Gasteiger partial charge in [0.2, 0.25) is 0 Å². The zero-order chi connectivity index (χ0) is 15.2. The highest BCUT2D eigenvalue weighted by atomic mass is 35.5. The predicted molar refractivity (Wildman–Crippen MR) is 85.9 cm³/mol. The second-order valence-corrected chi connectivity index (χ2v) is 5.27. The Kier molecular flexibility index (Phi) is 5.17. The van der Waals surface area contributed by atoms with Crippen LogP contribution in [0.15, 0.2) is 42.5 Å². The molecule has 0 aromatic heterocycles. The van der Waals surface area contributed by atoms with Crippen molar-refractivity contribution < 1.29 is 4.92 Å². The molecular formula is C16H17ClN2O2. The molecule has 0 amide bonds. The van der Waals surface area contributed by atoms with E-state index in [0.29, 0.717) is 17.1 Å². The summed E-state index contributed by atoms with van der Waals surface area (Å²) in [4.78, 5) is 10.6. The van der Waals surface area contributed by atoms with Crippen LogP contribution in [-0.4, -0.2) is 4.92 Å². The van der Waals surface area contributed by atoms with Crippen LogP contribution in [0.2, 0.25) is 5.02 Å². The number of aryl methyl sites for hydroxylation is 1. The molecule has 2 aromatic carbocycles. The lowest BCUT2D eigenvalue weighted by molar-refractivity contribution is -0.385. The van der Waals surface area contributed by atoms with Gasteiger partial charge in [0.1, 0.15) is 0 Å². The van der Waals surface area contributed by atoms with Gasteiger partial charge < -0.3 is 5.32 Å². The van der Waals surface area contributed by atoms with E-state index in [1.807, 2.05) is 12.1 Å². The number of nitrogens with one attached hydrogen (secondary N) is 1. The lowest BCUT2D eigenvalue weighted by atomic mass is 10.1. The monoisotopic (exact) mass is 304 g/mol. The Morgan fingerprint density at radius 2 is 1.90 bits per heavy atom. The number of benzene rings is 2. The average Bonchev–Trinajstić information content (AvgIpc) is 2.47. The van der Waals surface area contributed by atoms with Crippen LogP contribution in [0.3, 0.4) is 0 Å². The fourth-order valence-electron chi connectivity index (χ4n) is 2.13. The maximum absolute atomic E-state index is 11.0. The Hall–Kier alpha value is -2.07. The van der Waals surface area contributed by atoms with E-state index in [0.717, 1.165) is 18.5 Å². The Bertz CT molecular complexity index is 627. The zero-order valence-electron chi connectivity index (χ0n) is 11.8. The number of nitro benzene ring substituents is 1. The van der Waals surface area contributed by atoms with E-state index < -0.39 is 4.92 Å². The van der Waals surface area contributed by atoms with Gasteiger partial charge in [-0.2, -0.15) is 0 Å². The van der Waals surface area contributed by atoms with Gasteiger partial charge in [-0.25, -0.2) is 0 Å². The van der Waals surface area contributed by atoms with Gasteiger partial charge in [-0.05, 0) is 36.2 Å².